The van der Waals surface area contributed by atoms with Crippen LogP contribution >= 0.6 is 11.8 Å². The van der Waals surface area contributed by atoms with Gasteiger partial charge in [0.2, 0.25) is 5.91 Å². The molecule has 2 aromatic heterocycles. The number of imidazole rings is 1. The van der Waals surface area contributed by atoms with Gasteiger partial charge in [-0.15, -0.1) is 11.8 Å². The van der Waals surface area contributed by atoms with Crippen LogP contribution in [0.5, 0.6) is 0 Å². The van der Waals surface area contributed by atoms with E-state index in [4.69, 9.17) is 0 Å². The summed E-state index contributed by atoms with van der Waals surface area (Å²) in [4.78, 5) is 36.2. The highest BCUT2D eigenvalue weighted by molar-refractivity contribution is 7.98. The number of aromatic nitrogens is 3. The number of amides is 1. The van der Waals surface area contributed by atoms with Gasteiger partial charge in [0.1, 0.15) is 12.4 Å². The number of pyridine rings is 1. The summed E-state index contributed by atoms with van der Waals surface area (Å²) in [5, 5.41) is 0.838. The van der Waals surface area contributed by atoms with Gasteiger partial charge in [-0.25, -0.2) is 13.8 Å². The molecule has 0 aliphatic carbocycles. The number of hydrogen-bond acceptors (Lipinski definition) is 4. The van der Waals surface area contributed by atoms with Crippen LogP contribution in [0.2, 0.25) is 0 Å². The Morgan fingerprint density at radius 1 is 0.898 bits per heavy atom. The molecule has 1 N–H and O–H groups in total. The van der Waals surface area contributed by atoms with Crippen LogP contribution in [0.4, 0.5) is 22.0 Å². The van der Waals surface area contributed by atoms with Crippen molar-refractivity contribution in [3.05, 3.63) is 154 Å². The van der Waals surface area contributed by atoms with Crippen molar-refractivity contribution in [3.8, 4) is 11.1 Å². The fourth-order valence-corrected chi connectivity index (χ4v) is 6.51. The number of thioether (sulfide) groups is 1. The number of nitrogens with one attached hydrogen (secondary N) is 1. The zero-order chi connectivity index (χ0) is 34.5. The summed E-state index contributed by atoms with van der Waals surface area (Å²) in [5.74, 6) is -1.47. The molecular formula is C37H29F5N4O2S. The second-order valence-corrected chi connectivity index (χ2v) is 12.3. The normalized spacial score (nSPS) is 11.6. The van der Waals surface area contributed by atoms with Crippen molar-refractivity contribution in [2.45, 2.75) is 36.5 Å². The fraction of sp³-hybridized carbons (Fsp3) is 0.162. The maximum Gasteiger partial charge on any atom is 0.416 e. The minimum atomic E-state index is -4.42. The Balaban J connectivity index is 1.27. The van der Waals surface area contributed by atoms with Crippen molar-refractivity contribution in [1.29, 1.82) is 0 Å². The van der Waals surface area contributed by atoms with Crippen LogP contribution in [0, 0.1) is 11.6 Å². The van der Waals surface area contributed by atoms with E-state index < -0.39 is 23.4 Å². The number of benzene rings is 4. The lowest BCUT2D eigenvalue weighted by Gasteiger charge is -2.25. The molecule has 0 aliphatic heterocycles. The standard InChI is InChI=1S/C37H29F5N4O2S/c38-30-6-3-4-27(36(30)39)23-49-35-20-32(47)29-5-1-2-7-31(29)46(35)22-34(48)45(19-16-33-43-17-18-44-33)21-24-8-10-25(11-9-24)26-12-14-28(15-13-26)37(40,41)42/h1-15,17-18,20H,16,19,21-23H2,(H,43,44). The second-order valence-electron chi connectivity index (χ2n) is 11.3. The predicted octanol–water partition coefficient (Wildman–Crippen LogP) is 8.25. The predicted molar refractivity (Wildman–Crippen MR) is 179 cm³/mol. The molecule has 0 saturated heterocycles. The van der Waals surface area contributed by atoms with Gasteiger partial charge in [-0.1, -0.05) is 60.7 Å². The molecule has 12 heteroatoms. The molecule has 0 aliphatic rings. The number of para-hydroxylation sites is 1. The van der Waals surface area contributed by atoms with Gasteiger partial charge < -0.3 is 14.5 Å². The first kappa shape index (κ1) is 33.7. The molecule has 0 fully saturated rings. The maximum atomic E-state index is 14.5. The van der Waals surface area contributed by atoms with Crippen molar-refractivity contribution in [2.24, 2.45) is 0 Å². The number of aromatic amines is 1. The maximum absolute atomic E-state index is 14.5. The number of fused-ring (bicyclic) bond motifs is 1. The Labute approximate surface area is 282 Å². The van der Waals surface area contributed by atoms with Crippen molar-refractivity contribution < 1.29 is 26.7 Å². The molecule has 2 heterocycles. The summed E-state index contributed by atoms with van der Waals surface area (Å²) < 4.78 is 69.2. The molecular weight excluding hydrogens is 659 g/mol. The Hall–Kier alpha value is -5.23. The fourth-order valence-electron chi connectivity index (χ4n) is 5.48. The lowest BCUT2D eigenvalue weighted by Crippen LogP contribution is -2.35. The van der Waals surface area contributed by atoms with Gasteiger partial charge in [0.15, 0.2) is 17.1 Å². The summed E-state index contributed by atoms with van der Waals surface area (Å²) in [6.45, 7) is 0.389. The van der Waals surface area contributed by atoms with Crippen LogP contribution in [0.3, 0.4) is 0 Å². The van der Waals surface area contributed by atoms with Gasteiger partial charge in [-0.2, -0.15) is 13.2 Å². The number of alkyl halides is 3. The zero-order valence-corrected chi connectivity index (χ0v) is 26.7. The highest BCUT2D eigenvalue weighted by Crippen LogP contribution is 2.31. The Kier molecular flexibility index (Phi) is 9.95. The molecule has 6 aromatic rings. The van der Waals surface area contributed by atoms with Crippen LogP contribution in [-0.4, -0.2) is 31.9 Å². The Morgan fingerprint density at radius 3 is 2.31 bits per heavy atom. The number of carbonyl (C=O) groups excluding carboxylic acids is 1. The molecule has 0 spiro atoms. The summed E-state index contributed by atoms with van der Waals surface area (Å²) in [5.41, 5.74) is 1.81. The molecule has 6 rings (SSSR count). The van der Waals surface area contributed by atoms with E-state index >= 15 is 0 Å². The zero-order valence-electron chi connectivity index (χ0n) is 25.9. The Morgan fingerprint density at radius 2 is 1.61 bits per heavy atom. The summed E-state index contributed by atoms with van der Waals surface area (Å²) in [6, 6.07) is 24.4. The van der Waals surface area contributed by atoms with Crippen LogP contribution in [0.15, 0.2) is 119 Å². The topological polar surface area (TPSA) is 71.0 Å². The van der Waals surface area contributed by atoms with Gasteiger partial charge in [0.25, 0.3) is 0 Å². The number of nitrogens with zero attached hydrogens (tertiary/aromatic N) is 3. The number of halogens is 5. The lowest BCUT2D eigenvalue weighted by atomic mass is 10.0. The van der Waals surface area contributed by atoms with Crippen molar-refractivity contribution in [2.75, 3.05) is 6.54 Å². The number of H-pyrrole nitrogens is 1. The quantitative estimate of drug-likeness (QED) is 0.110. The molecule has 0 atom stereocenters. The third-order valence-corrected chi connectivity index (χ3v) is 9.17. The number of rotatable bonds is 11. The monoisotopic (exact) mass is 688 g/mol. The second kappa shape index (κ2) is 14.5. The Bertz CT molecular complexity index is 2130. The van der Waals surface area contributed by atoms with Gasteiger partial charge in [-0.3, -0.25) is 9.59 Å². The minimum Gasteiger partial charge on any atom is -0.349 e. The molecule has 0 unspecified atom stereocenters. The number of hydrogen-bond donors (Lipinski definition) is 1. The first-order valence-electron chi connectivity index (χ1n) is 15.3. The first-order valence-corrected chi connectivity index (χ1v) is 16.3. The highest BCUT2D eigenvalue weighted by Gasteiger charge is 2.30. The molecule has 4 aromatic carbocycles. The highest BCUT2D eigenvalue weighted by atomic mass is 32.2. The average molecular weight is 689 g/mol. The molecule has 0 radical (unpaired) electrons. The largest absolute Gasteiger partial charge is 0.416 e. The molecule has 250 valence electrons. The number of carbonyl (C=O) groups is 1. The van der Waals surface area contributed by atoms with E-state index in [1.807, 2.05) is 12.1 Å². The molecule has 49 heavy (non-hydrogen) atoms. The third kappa shape index (κ3) is 7.92. The van der Waals surface area contributed by atoms with Gasteiger partial charge in [0.05, 0.1) is 16.1 Å². The van der Waals surface area contributed by atoms with E-state index in [1.54, 1.807) is 58.3 Å². The van der Waals surface area contributed by atoms with E-state index in [-0.39, 0.29) is 35.7 Å². The van der Waals surface area contributed by atoms with Crippen molar-refractivity contribution in [1.82, 2.24) is 19.4 Å². The van der Waals surface area contributed by atoms with E-state index in [0.29, 0.717) is 40.3 Å². The summed E-state index contributed by atoms with van der Waals surface area (Å²) in [7, 11) is 0. The summed E-state index contributed by atoms with van der Waals surface area (Å²) in [6.07, 6.45) is -0.667. The molecule has 0 bridgehead atoms. The van der Waals surface area contributed by atoms with Crippen LogP contribution in [0.1, 0.15) is 22.5 Å². The third-order valence-electron chi connectivity index (χ3n) is 8.08. The minimum absolute atomic E-state index is 0.0308. The SMILES string of the molecule is O=C(Cn1c(SCc2cccc(F)c2F)cc(=O)c2ccccc21)N(CCc1ncc[nH]1)Cc1ccc(-c2ccc(C(F)(F)F)cc2)cc1. The first-order chi connectivity index (χ1) is 23.6. The van der Waals surface area contributed by atoms with E-state index in [1.165, 1.54) is 30.3 Å². The van der Waals surface area contributed by atoms with E-state index in [9.17, 15) is 31.5 Å². The van der Waals surface area contributed by atoms with Crippen molar-refractivity contribution >= 4 is 28.6 Å². The van der Waals surface area contributed by atoms with Crippen molar-refractivity contribution in [3.63, 3.8) is 0 Å². The van der Waals surface area contributed by atoms with Crippen LogP contribution in [-0.2, 0) is 36.2 Å². The lowest BCUT2D eigenvalue weighted by molar-refractivity contribution is -0.137. The van der Waals surface area contributed by atoms with E-state index in [0.717, 1.165) is 41.1 Å². The molecule has 0 saturated carbocycles. The van der Waals surface area contributed by atoms with Crippen LogP contribution in [0.25, 0.3) is 22.0 Å². The van der Waals surface area contributed by atoms with Gasteiger partial charge >= 0.3 is 6.18 Å². The molecule has 1 amide bonds. The van der Waals surface area contributed by atoms with E-state index in [2.05, 4.69) is 9.97 Å². The van der Waals surface area contributed by atoms with Gasteiger partial charge in [0, 0.05) is 54.7 Å². The smallest absolute Gasteiger partial charge is 0.349 e. The average Bonchev–Trinajstić information content (AvgIpc) is 3.62. The summed E-state index contributed by atoms with van der Waals surface area (Å²) >= 11 is 1.13. The molecule has 6 nitrogen and oxygen atoms in total. The van der Waals surface area contributed by atoms with Gasteiger partial charge in [-0.05, 0) is 47.0 Å². The van der Waals surface area contributed by atoms with Crippen LogP contribution < -0.4 is 5.43 Å².